The van der Waals surface area contributed by atoms with Crippen molar-refractivity contribution < 1.29 is 14.6 Å². The van der Waals surface area contributed by atoms with Crippen LogP contribution >= 0.6 is 11.3 Å². The van der Waals surface area contributed by atoms with Gasteiger partial charge in [0.2, 0.25) is 0 Å². The van der Waals surface area contributed by atoms with Gasteiger partial charge < -0.3 is 15.2 Å². The van der Waals surface area contributed by atoms with Gasteiger partial charge in [0.05, 0.1) is 45.5 Å². The molecule has 5 rings (SSSR count). The minimum absolute atomic E-state index is 0.123. The number of para-hydroxylation sites is 1. The first kappa shape index (κ1) is 22.6. The number of hydrogen-bond acceptors (Lipinski definition) is 6. The summed E-state index contributed by atoms with van der Waals surface area (Å²) in [5, 5.41) is 18.3. The van der Waals surface area contributed by atoms with Crippen molar-refractivity contribution in [3.63, 3.8) is 0 Å². The first-order chi connectivity index (χ1) is 16.9. The van der Waals surface area contributed by atoms with Crippen LogP contribution in [0.5, 0.6) is 5.75 Å². The van der Waals surface area contributed by atoms with E-state index >= 15 is 0 Å². The number of ether oxygens (including phenoxy) is 1. The van der Waals surface area contributed by atoms with Crippen LogP contribution in [0.25, 0.3) is 27.0 Å². The SMILES string of the molecule is COc1cc(C)c(Nc2c(-c3ccc4scnc4c3)c(C)nn2-c2ccccc2C)c(C(=O)O)c1. The van der Waals surface area contributed by atoms with E-state index in [1.807, 2.05) is 67.4 Å². The predicted molar refractivity (Wildman–Crippen MR) is 140 cm³/mol. The van der Waals surface area contributed by atoms with Crippen LogP contribution in [0, 0.1) is 20.8 Å². The molecule has 0 bridgehead atoms. The van der Waals surface area contributed by atoms with Crippen molar-refractivity contribution in [1.82, 2.24) is 14.8 Å². The summed E-state index contributed by atoms with van der Waals surface area (Å²) in [7, 11) is 1.52. The van der Waals surface area contributed by atoms with E-state index in [1.54, 1.807) is 11.3 Å². The number of aromatic carboxylic acids is 1. The molecule has 0 fully saturated rings. The summed E-state index contributed by atoms with van der Waals surface area (Å²) in [5.41, 5.74) is 8.70. The molecule has 5 aromatic rings. The standard InChI is InChI=1S/C27H24N4O3S/c1-15-7-5-6-8-22(15)31-26(29-25-16(2)11-19(34-4)13-20(25)27(32)33)24(17(3)30-31)18-9-10-23-21(12-18)28-14-35-23/h5-14,29H,1-4H3,(H,32,33). The number of carboxylic acids is 1. The molecule has 0 radical (unpaired) electrons. The molecule has 0 aliphatic heterocycles. The van der Waals surface area contributed by atoms with E-state index in [4.69, 9.17) is 9.84 Å². The Morgan fingerprint density at radius 1 is 1.06 bits per heavy atom. The zero-order valence-corrected chi connectivity index (χ0v) is 20.6. The number of rotatable bonds is 6. The molecule has 0 aliphatic rings. The van der Waals surface area contributed by atoms with Crippen LogP contribution in [-0.4, -0.2) is 33.0 Å². The fraction of sp³-hybridized carbons (Fsp3) is 0.148. The molecule has 2 heterocycles. The van der Waals surface area contributed by atoms with E-state index in [2.05, 4.69) is 22.4 Å². The average Bonchev–Trinajstić information content (AvgIpc) is 3.43. The molecule has 0 amide bonds. The monoisotopic (exact) mass is 484 g/mol. The molecule has 2 N–H and O–H groups in total. The molecule has 0 saturated carbocycles. The smallest absolute Gasteiger partial charge is 0.337 e. The number of anilines is 2. The van der Waals surface area contributed by atoms with Gasteiger partial charge in [0.25, 0.3) is 0 Å². The molecule has 0 unspecified atom stereocenters. The lowest BCUT2D eigenvalue weighted by Gasteiger charge is -2.18. The van der Waals surface area contributed by atoms with E-state index in [9.17, 15) is 9.90 Å². The van der Waals surface area contributed by atoms with Crippen LogP contribution in [0.15, 0.2) is 60.1 Å². The third-order valence-corrected chi connectivity index (χ3v) is 6.85. The minimum atomic E-state index is -1.04. The zero-order chi connectivity index (χ0) is 24.7. The lowest BCUT2D eigenvalue weighted by Crippen LogP contribution is -2.10. The predicted octanol–water partition coefficient (Wildman–Crippen LogP) is 6.52. The van der Waals surface area contributed by atoms with Crippen molar-refractivity contribution in [3.8, 4) is 22.6 Å². The molecule has 176 valence electrons. The van der Waals surface area contributed by atoms with Crippen molar-refractivity contribution in [2.45, 2.75) is 20.8 Å². The number of hydrogen-bond donors (Lipinski definition) is 2. The average molecular weight is 485 g/mol. The van der Waals surface area contributed by atoms with Crippen molar-refractivity contribution in [1.29, 1.82) is 0 Å². The molecule has 2 aromatic heterocycles. The van der Waals surface area contributed by atoms with Crippen LogP contribution < -0.4 is 10.1 Å². The highest BCUT2D eigenvalue weighted by atomic mass is 32.1. The maximum atomic E-state index is 12.2. The Morgan fingerprint density at radius 2 is 1.86 bits per heavy atom. The summed E-state index contributed by atoms with van der Waals surface area (Å²) < 4.78 is 8.27. The number of benzene rings is 3. The second-order valence-corrected chi connectivity index (χ2v) is 9.23. The highest BCUT2D eigenvalue weighted by Crippen LogP contribution is 2.39. The summed E-state index contributed by atoms with van der Waals surface area (Å²) in [6.07, 6.45) is 0. The van der Waals surface area contributed by atoms with Crippen LogP contribution in [0.3, 0.4) is 0 Å². The Morgan fingerprint density at radius 3 is 2.60 bits per heavy atom. The third-order valence-electron chi connectivity index (χ3n) is 6.04. The highest BCUT2D eigenvalue weighted by molar-refractivity contribution is 7.16. The number of aryl methyl sites for hydroxylation is 3. The number of fused-ring (bicyclic) bond motifs is 1. The van der Waals surface area contributed by atoms with Crippen molar-refractivity contribution in [2.75, 3.05) is 12.4 Å². The number of aromatic nitrogens is 3. The number of carbonyl (C=O) groups is 1. The Hall–Kier alpha value is -4.17. The lowest BCUT2D eigenvalue weighted by molar-refractivity contribution is 0.0697. The second-order valence-electron chi connectivity index (χ2n) is 8.34. The Labute approximate surface area is 206 Å². The first-order valence-corrected chi connectivity index (χ1v) is 11.9. The van der Waals surface area contributed by atoms with Crippen LogP contribution in [-0.2, 0) is 0 Å². The van der Waals surface area contributed by atoms with E-state index < -0.39 is 5.97 Å². The van der Waals surface area contributed by atoms with Crippen LogP contribution in [0.1, 0.15) is 27.2 Å². The lowest BCUT2D eigenvalue weighted by atomic mass is 10.0. The van der Waals surface area contributed by atoms with Crippen molar-refractivity contribution in [2.24, 2.45) is 0 Å². The summed E-state index contributed by atoms with van der Waals surface area (Å²) in [6, 6.07) is 17.5. The molecular weight excluding hydrogens is 460 g/mol. The largest absolute Gasteiger partial charge is 0.497 e. The summed E-state index contributed by atoms with van der Waals surface area (Å²) in [6.45, 7) is 5.84. The van der Waals surface area contributed by atoms with Gasteiger partial charge in [-0.05, 0) is 67.8 Å². The molecule has 0 aliphatic carbocycles. The Kier molecular flexibility index (Phi) is 5.74. The van der Waals surface area contributed by atoms with Gasteiger partial charge >= 0.3 is 5.97 Å². The van der Waals surface area contributed by atoms with Gasteiger partial charge in [-0.1, -0.05) is 24.3 Å². The van der Waals surface area contributed by atoms with Gasteiger partial charge in [0.1, 0.15) is 11.6 Å². The van der Waals surface area contributed by atoms with Gasteiger partial charge in [0.15, 0.2) is 0 Å². The summed E-state index contributed by atoms with van der Waals surface area (Å²) in [4.78, 5) is 16.7. The normalized spacial score (nSPS) is 11.1. The van der Waals surface area contributed by atoms with Gasteiger partial charge in [-0.25, -0.2) is 14.5 Å². The number of thiazole rings is 1. The molecule has 7 nitrogen and oxygen atoms in total. The van der Waals surface area contributed by atoms with Gasteiger partial charge in [-0.2, -0.15) is 5.10 Å². The fourth-order valence-corrected chi connectivity index (χ4v) is 4.96. The number of methoxy groups -OCH3 is 1. The topological polar surface area (TPSA) is 89.3 Å². The van der Waals surface area contributed by atoms with Crippen LogP contribution in [0.2, 0.25) is 0 Å². The maximum absolute atomic E-state index is 12.2. The first-order valence-electron chi connectivity index (χ1n) is 11.1. The van der Waals surface area contributed by atoms with Crippen molar-refractivity contribution in [3.05, 3.63) is 82.5 Å². The molecule has 3 aromatic carbocycles. The number of nitrogens with zero attached hydrogens (tertiary/aromatic N) is 3. The third kappa shape index (κ3) is 4.02. The van der Waals surface area contributed by atoms with E-state index in [0.29, 0.717) is 17.3 Å². The van der Waals surface area contributed by atoms with Gasteiger partial charge in [-0.3, -0.25) is 0 Å². The number of carboxylic acid groups (broad SMARTS) is 1. The fourth-order valence-electron chi connectivity index (χ4n) is 4.30. The van der Waals surface area contributed by atoms with Gasteiger partial charge in [-0.15, -0.1) is 11.3 Å². The summed E-state index contributed by atoms with van der Waals surface area (Å²) in [5.74, 6) is 0.129. The summed E-state index contributed by atoms with van der Waals surface area (Å²) >= 11 is 1.59. The van der Waals surface area contributed by atoms with E-state index in [1.165, 1.54) is 13.2 Å². The van der Waals surface area contributed by atoms with Gasteiger partial charge in [0, 0.05) is 5.56 Å². The molecule has 8 heteroatoms. The van der Waals surface area contributed by atoms with Crippen LogP contribution in [0.4, 0.5) is 11.5 Å². The van der Waals surface area contributed by atoms with E-state index in [0.717, 1.165) is 43.9 Å². The number of nitrogens with one attached hydrogen (secondary N) is 1. The Balaban J connectivity index is 1.77. The molecular formula is C27H24N4O3S. The molecule has 0 saturated heterocycles. The molecule has 0 spiro atoms. The molecule has 0 atom stereocenters. The molecule has 35 heavy (non-hydrogen) atoms. The quantitative estimate of drug-likeness (QED) is 0.285. The second kappa shape index (κ2) is 8.88. The highest BCUT2D eigenvalue weighted by Gasteiger charge is 2.23. The Bertz CT molecular complexity index is 1590. The minimum Gasteiger partial charge on any atom is -0.497 e. The van der Waals surface area contributed by atoms with E-state index in [-0.39, 0.29) is 5.56 Å². The van der Waals surface area contributed by atoms with Crippen molar-refractivity contribution >= 4 is 39.0 Å². The maximum Gasteiger partial charge on any atom is 0.337 e. The zero-order valence-electron chi connectivity index (χ0n) is 19.8.